The predicted molar refractivity (Wildman–Crippen MR) is 92.9 cm³/mol. The van der Waals surface area contributed by atoms with Gasteiger partial charge in [0.1, 0.15) is 4.99 Å². The lowest BCUT2D eigenvalue weighted by molar-refractivity contribution is 0.907. The van der Waals surface area contributed by atoms with E-state index in [9.17, 15) is 0 Å². The molecule has 0 bridgehead atoms. The molecule has 3 heteroatoms. The molecule has 3 rings (SSSR count). The van der Waals surface area contributed by atoms with Gasteiger partial charge in [0.05, 0.1) is 0 Å². The topological polar surface area (TPSA) is 29.3 Å². The first-order chi connectivity index (χ1) is 10.1. The number of thiocarbonyl (C=S) groups is 1. The van der Waals surface area contributed by atoms with Gasteiger partial charge in [0.25, 0.3) is 0 Å². The number of fused-ring (bicyclic) bond motifs is 1. The Balaban J connectivity index is 1.73. The summed E-state index contributed by atoms with van der Waals surface area (Å²) in [6, 6.07) is 15.0. The van der Waals surface area contributed by atoms with E-state index in [1.54, 1.807) is 0 Å². The van der Waals surface area contributed by atoms with Crippen molar-refractivity contribution in [1.82, 2.24) is 0 Å². The normalized spacial score (nSPS) is 13.0. The van der Waals surface area contributed by atoms with E-state index in [-0.39, 0.29) is 0 Å². The Labute approximate surface area is 131 Å². The van der Waals surface area contributed by atoms with Crippen molar-refractivity contribution in [3.63, 3.8) is 0 Å². The summed E-state index contributed by atoms with van der Waals surface area (Å²) in [5.74, 6) is 0. The third-order valence-electron chi connectivity index (χ3n) is 4.18. The Kier molecular flexibility index (Phi) is 3.93. The summed E-state index contributed by atoms with van der Waals surface area (Å²) in [7, 11) is 2.11. The Hall–Kier alpha value is -1.87. The molecule has 0 fully saturated rings. The highest BCUT2D eigenvalue weighted by atomic mass is 32.1. The quantitative estimate of drug-likeness (QED) is 0.876. The second-order valence-electron chi connectivity index (χ2n) is 5.72. The Morgan fingerprint density at radius 1 is 1.10 bits per heavy atom. The molecule has 0 unspecified atom stereocenters. The predicted octanol–water partition coefficient (Wildman–Crippen LogP) is 3.45. The minimum Gasteiger partial charge on any atom is -0.389 e. The third-order valence-corrected chi connectivity index (χ3v) is 4.41. The van der Waals surface area contributed by atoms with Crippen LogP contribution in [0.5, 0.6) is 0 Å². The number of anilines is 1. The first-order valence-corrected chi connectivity index (χ1v) is 7.76. The van der Waals surface area contributed by atoms with Crippen LogP contribution in [0.2, 0.25) is 0 Å². The van der Waals surface area contributed by atoms with Crippen LogP contribution in [0.3, 0.4) is 0 Å². The average Bonchev–Trinajstić information content (AvgIpc) is 2.95. The van der Waals surface area contributed by atoms with Gasteiger partial charge in [-0.3, -0.25) is 0 Å². The number of aryl methyl sites for hydroxylation is 2. The number of nitrogens with zero attached hydrogens (tertiary/aromatic N) is 1. The molecule has 2 N–H and O–H groups in total. The molecule has 0 saturated heterocycles. The second kappa shape index (κ2) is 5.86. The summed E-state index contributed by atoms with van der Waals surface area (Å²) in [6.07, 6.45) is 3.77. The minimum absolute atomic E-state index is 0.447. The Morgan fingerprint density at radius 2 is 1.81 bits per heavy atom. The van der Waals surface area contributed by atoms with Crippen LogP contribution < -0.4 is 10.6 Å². The largest absolute Gasteiger partial charge is 0.389 e. The third kappa shape index (κ3) is 3.08. The van der Waals surface area contributed by atoms with Crippen LogP contribution in [0.15, 0.2) is 42.5 Å². The Morgan fingerprint density at radius 3 is 2.52 bits per heavy atom. The van der Waals surface area contributed by atoms with Crippen molar-refractivity contribution in [2.45, 2.75) is 25.8 Å². The maximum Gasteiger partial charge on any atom is 0.103 e. The highest BCUT2D eigenvalue weighted by molar-refractivity contribution is 7.80. The lowest BCUT2D eigenvalue weighted by Crippen LogP contribution is -2.17. The zero-order valence-corrected chi connectivity index (χ0v) is 13.1. The minimum atomic E-state index is 0.447. The molecule has 0 radical (unpaired) electrons. The van der Waals surface area contributed by atoms with Crippen molar-refractivity contribution < 1.29 is 0 Å². The highest BCUT2D eigenvalue weighted by Crippen LogP contribution is 2.24. The number of hydrogen-bond acceptors (Lipinski definition) is 2. The fourth-order valence-corrected chi connectivity index (χ4v) is 3.10. The maximum absolute atomic E-state index is 5.63. The molecule has 21 heavy (non-hydrogen) atoms. The molecule has 2 nitrogen and oxygen atoms in total. The summed E-state index contributed by atoms with van der Waals surface area (Å²) >= 11 is 4.99. The summed E-state index contributed by atoms with van der Waals surface area (Å²) in [6.45, 7) is 0.916. The van der Waals surface area contributed by atoms with E-state index < -0.39 is 0 Å². The van der Waals surface area contributed by atoms with E-state index in [1.807, 2.05) is 12.1 Å². The van der Waals surface area contributed by atoms with Crippen molar-refractivity contribution in [1.29, 1.82) is 0 Å². The van der Waals surface area contributed by atoms with Crippen molar-refractivity contribution in [2.24, 2.45) is 5.73 Å². The van der Waals surface area contributed by atoms with Crippen molar-refractivity contribution >= 4 is 22.9 Å². The van der Waals surface area contributed by atoms with Gasteiger partial charge in [-0.1, -0.05) is 30.4 Å². The zero-order chi connectivity index (χ0) is 14.8. The summed E-state index contributed by atoms with van der Waals surface area (Å²) in [5.41, 5.74) is 12.2. The van der Waals surface area contributed by atoms with Crippen LogP contribution in [0.1, 0.15) is 28.7 Å². The molecule has 0 atom stereocenters. The van der Waals surface area contributed by atoms with Crippen LogP contribution in [0.25, 0.3) is 0 Å². The van der Waals surface area contributed by atoms with Crippen LogP contribution >= 0.6 is 12.2 Å². The number of benzene rings is 2. The van der Waals surface area contributed by atoms with E-state index in [1.165, 1.54) is 41.6 Å². The van der Waals surface area contributed by atoms with Gasteiger partial charge in [0, 0.05) is 24.8 Å². The molecule has 2 aromatic carbocycles. The lowest BCUT2D eigenvalue weighted by Gasteiger charge is -2.20. The first kappa shape index (κ1) is 14.1. The maximum atomic E-state index is 5.63. The molecule has 1 aliphatic rings. The van der Waals surface area contributed by atoms with Gasteiger partial charge in [0.15, 0.2) is 0 Å². The van der Waals surface area contributed by atoms with E-state index in [2.05, 4.69) is 42.3 Å². The van der Waals surface area contributed by atoms with Gasteiger partial charge < -0.3 is 10.6 Å². The molecule has 0 aliphatic heterocycles. The molecular formula is C18H20N2S. The van der Waals surface area contributed by atoms with Crippen molar-refractivity contribution in [3.8, 4) is 0 Å². The van der Waals surface area contributed by atoms with Crippen LogP contribution in [0, 0.1) is 0 Å². The van der Waals surface area contributed by atoms with Gasteiger partial charge in [0.2, 0.25) is 0 Å². The molecule has 2 aromatic rings. The van der Waals surface area contributed by atoms with E-state index >= 15 is 0 Å². The van der Waals surface area contributed by atoms with E-state index in [0.29, 0.717) is 4.99 Å². The fourth-order valence-electron chi connectivity index (χ4n) is 2.97. The van der Waals surface area contributed by atoms with Crippen LogP contribution in [-0.2, 0) is 19.4 Å². The number of hydrogen-bond donors (Lipinski definition) is 1. The van der Waals surface area contributed by atoms with Gasteiger partial charge in [-0.15, -0.1) is 0 Å². The summed E-state index contributed by atoms with van der Waals surface area (Å²) in [4.78, 5) is 2.70. The van der Waals surface area contributed by atoms with Gasteiger partial charge in [-0.2, -0.15) is 0 Å². The lowest BCUT2D eigenvalue weighted by atomic mass is 10.1. The fraction of sp³-hybridized carbons (Fsp3) is 0.278. The standard InChI is InChI=1S/C18H20N2S/c1-20(17-9-7-15(8-10-17)18(19)21)12-13-5-6-14-3-2-4-16(14)11-13/h5-11H,2-4,12H2,1H3,(H2,19,21). The van der Waals surface area contributed by atoms with E-state index in [4.69, 9.17) is 18.0 Å². The smallest absolute Gasteiger partial charge is 0.103 e. The molecule has 0 saturated carbocycles. The second-order valence-corrected chi connectivity index (χ2v) is 6.16. The van der Waals surface area contributed by atoms with Gasteiger partial charge >= 0.3 is 0 Å². The van der Waals surface area contributed by atoms with Crippen molar-refractivity contribution in [2.75, 3.05) is 11.9 Å². The first-order valence-electron chi connectivity index (χ1n) is 7.35. The van der Waals surface area contributed by atoms with E-state index in [0.717, 1.165) is 12.1 Å². The molecular weight excluding hydrogens is 276 g/mol. The summed E-state index contributed by atoms with van der Waals surface area (Å²) < 4.78 is 0. The highest BCUT2D eigenvalue weighted by Gasteiger charge is 2.11. The average molecular weight is 296 g/mol. The number of nitrogens with two attached hydrogens (primary N) is 1. The van der Waals surface area contributed by atoms with Crippen LogP contribution in [-0.4, -0.2) is 12.0 Å². The molecule has 0 heterocycles. The number of rotatable bonds is 4. The Bertz CT molecular complexity index is 661. The van der Waals surface area contributed by atoms with Crippen LogP contribution in [0.4, 0.5) is 5.69 Å². The molecule has 0 aromatic heterocycles. The van der Waals surface area contributed by atoms with Gasteiger partial charge in [-0.25, -0.2) is 0 Å². The monoisotopic (exact) mass is 296 g/mol. The zero-order valence-electron chi connectivity index (χ0n) is 12.3. The molecule has 0 spiro atoms. The van der Waals surface area contributed by atoms with Gasteiger partial charge in [-0.05, 0) is 60.2 Å². The summed E-state index contributed by atoms with van der Waals surface area (Å²) in [5, 5.41) is 0. The molecule has 108 valence electrons. The molecule has 0 amide bonds. The van der Waals surface area contributed by atoms with Crippen molar-refractivity contribution in [3.05, 3.63) is 64.7 Å². The SMILES string of the molecule is CN(Cc1ccc2c(c1)CCC2)c1ccc(C(N)=S)cc1. The molecule has 1 aliphatic carbocycles.